The van der Waals surface area contributed by atoms with Crippen molar-refractivity contribution in [3.63, 3.8) is 0 Å². The van der Waals surface area contributed by atoms with Crippen LogP contribution in [-0.4, -0.2) is 51.2 Å². The number of aromatic nitrogens is 2. The fourth-order valence-electron chi connectivity index (χ4n) is 1.90. The molecule has 1 aliphatic rings. The second-order valence-corrected chi connectivity index (χ2v) is 4.17. The minimum Gasteiger partial charge on any atom is -0.394 e. The molecule has 1 saturated heterocycles. The number of aliphatic hydroxyl groups excluding tert-OH is 3. The molecule has 1 aromatic rings. The highest BCUT2D eigenvalue weighted by molar-refractivity contribution is 5.92. The number of nitrogens with two attached hydrogens (primary N) is 1. The van der Waals surface area contributed by atoms with Gasteiger partial charge in [0.1, 0.15) is 17.8 Å². The third-order valence-corrected chi connectivity index (χ3v) is 2.93. The Hall–Kier alpha value is -1.81. The minimum atomic E-state index is -1.32. The molecule has 1 aromatic heterocycles. The van der Waals surface area contributed by atoms with Crippen LogP contribution in [-0.2, 0) is 4.74 Å². The van der Waals surface area contributed by atoms with Crippen LogP contribution in [0.15, 0.2) is 17.1 Å². The fraction of sp³-hybridized carbons (Fsp3) is 0.500. The topological polar surface area (TPSA) is 150 Å². The quantitative estimate of drug-likeness (QED) is 0.358. The van der Waals surface area contributed by atoms with Crippen molar-refractivity contribution in [2.24, 2.45) is 5.73 Å². The Morgan fingerprint density at radius 1 is 1.47 bits per heavy atom. The molecule has 0 radical (unpaired) electrons. The van der Waals surface area contributed by atoms with Crippen molar-refractivity contribution >= 4 is 5.91 Å². The number of amides is 1. The van der Waals surface area contributed by atoms with Gasteiger partial charge in [-0.3, -0.25) is 9.59 Å². The van der Waals surface area contributed by atoms with Crippen LogP contribution in [0.3, 0.4) is 0 Å². The van der Waals surface area contributed by atoms with Gasteiger partial charge in [-0.15, -0.1) is 5.10 Å². The van der Waals surface area contributed by atoms with E-state index in [1.807, 2.05) is 0 Å². The number of rotatable bonds is 3. The van der Waals surface area contributed by atoms with E-state index in [-0.39, 0.29) is 5.56 Å². The fourth-order valence-corrected chi connectivity index (χ4v) is 1.90. The highest BCUT2D eigenvalue weighted by Crippen LogP contribution is 2.24. The van der Waals surface area contributed by atoms with Gasteiger partial charge in [0.25, 0.3) is 5.91 Å². The van der Waals surface area contributed by atoms with E-state index < -0.39 is 42.6 Å². The monoisotopic (exact) mass is 272 g/mol. The zero-order valence-corrected chi connectivity index (χ0v) is 9.76. The Labute approximate surface area is 106 Å². The summed E-state index contributed by atoms with van der Waals surface area (Å²) in [6, 6.07) is 1.18. The average molecular weight is 272 g/mol. The highest BCUT2D eigenvalue weighted by Gasteiger charge is 2.48. The molecule has 1 amide bonds. The van der Waals surface area contributed by atoms with Crippen molar-refractivity contribution in [1.82, 2.24) is 5.10 Å². The highest BCUT2D eigenvalue weighted by atomic mass is 16.6. The van der Waals surface area contributed by atoms with Gasteiger partial charge >= 0.3 is 11.8 Å². The Morgan fingerprint density at radius 3 is 2.63 bits per heavy atom. The number of aliphatic hydroxyl groups is 3. The van der Waals surface area contributed by atoms with Gasteiger partial charge in [0.05, 0.1) is 6.61 Å². The molecule has 0 bridgehead atoms. The number of carbonyl (C=O) groups excluding carboxylic acids is 1. The first-order valence-corrected chi connectivity index (χ1v) is 5.52. The van der Waals surface area contributed by atoms with E-state index >= 15 is 0 Å². The summed E-state index contributed by atoms with van der Waals surface area (Å²) in [5.74, 6) is -0.880. The molecule has 104 valence electrons. The number of hydrogen-bond donors (Lipinski definition) is 5. The zero-order chi connectivity index (χ0) is 14.2. The molecule has 2 rings (SSSR count). The predicted octanol–water partition coefficient (Wildman–Crippen LogP) is -3.63. The Morgan fingerprint density at radius 2 is 2.16 bits per heavy atom. The first-order valence-electron chi connectivity index (χ1n) is 5.52. The van der Waals surface area contributed by atoms with E-state index in [2.05, 4.69) is 5.10 Å². The van der Waals surface area contributed by atoms with Gasteiger partial charge in [-0.05, 0) is 0 Å². The third-order valence-electron chi connectivity index (χ3n) is 2.93. The lowest BCUT2D eigenvalue weighted by atomic mass is 10.1. The van der Waals surface area contributed by atoms with Crippen LogP contribution >= 0.6 is 0 Å². The molecule has 4 atom stereocenters. The maximum atomic E-state index is 11.6. The SMILES string of the molecule is NC(=O)c1cc[n+](C2OC(CO)C(O)C2O)[nH]c1=O. The lowest BCUT2D eigenvalue weighted by Crippen LogP contribution is -2.52. The largest absolute Gasteiger partial charge is 0.394 e. The van der Waals surface area contributed by atoms with Crippen molar-refractivity contribution in [3.8, 4) is 0 Å². The van der Waals surface area contributed by atoms with Crippen LogP contribution < -0.4 is 16.0 Å². The van der Waals surface area contributed by atoms with Crippen molar-refractivity contribution in [1.29, 1.82) is 0 Å². The maximum absolute atomic E-state index is 11.6. The van der Waals surface area contributed by atoms with Gasteiger partial charge in [-0.1, -0.05) is 4.68 Å². The zero-order valence-electron chi connectivity index (χ0n) is 9.76. The molecule has 2 heterocycles. The molecule has 1 aliphatic heterocycles. The molecule has 19 heavy (non-hydrogen) atoms. The molecule has 9 heteroatoms. The van der Waals surface area contributed by atoms with Crippen molar-refractivity contribution in [3.05, 3.63) is 28.2 Å². The molecule has 0 aliphatic carbocycles. The number of nitrogens with zero attached hydrogens (tertiary/aromatic N) is 1. The van der Waals surface area contributed by atoms with E-state index in [4.69, 9.17) is 15.6 Å². The second-order valence-electron chi connectivity index (χ2n) is 4.17. The van der Waals surface area contributed by atoms with E-state index in [1.54, 1.807) is 0 Å². The number of nitrogens with one attached hydrogen (secondary N) is 1. The predicted molar refractivity (Wildman–Crippen MR) is 58.8 cm³/mol. The minimum absolute atomic E-state index is 0.233. The number of carbonyl (C=O) groups is 1. The normalized spacial score (nSPS) is 30.5. The Balaban J connectivity index is 2.31. The van der Waals surface area contributed by atoms with E-state index in [9.17, 15) is 19.8 Å². The van der Waals surface area contributed by atoms with Crippen molar-refractivity contribution < 1.29 is 29.5 Å². The van der Waals surface area contributed by atoms with Crippen LogP contribution in [0.4, 0.5) is 0 Å². The summed E-state index contributed by atoms with van der Waals surface area (Å²) < 4.78 is 6.30. The number of hydrogen-bond acceptors (Lipinski definition) is 6. The Kier molecular flexibility index (Phi) is 3.62. The molecule has 0 saturated carbocycles. The summed E-state index contributed by atoms with van der Waals surface area (Å²) in [5, 5.41) is 30.6. The molecule has 0 aromatic carbocycles. The second kappa shape index (κ2) is 5.05. The lowest BCUT2D eigenvalue weighted by Gasteiger charge is -2.09. The van der Waals surface area contributed by atoms with E-state index in [1.165, 1.54) is 12.3 Å². The molecular formula is C10H14N3O6+. The Bertz CT molecular complexity index is 544. The van der Waals surface area contributed by atoms with Crippen LogP contribution in [0, 0.1) is 0 Å². The number of H-pyrrole nitrogens is 1. The molecule has 4 unspecified atom stereocenters. The van der Waals surface area contributed by atoms with E-state index in [0.717, 1.165) is 4.68 Å². The molecule has 9 nitrogen and oxygen atoms in total. The number of aromatic amines is 1. The molecule has 0 spiro atoms. The van der Waals surface area contributed by atoms with Crippen LogP contribution in [0.5, 0.6) is 0 Å². The summed E-state index contributed by atoms with van der Waals surface area (Å²) in [6.45, 7) is -0.473. The molecule has 1 fully saturated rings. The summed E-state index contributed by atoms with van der Waals surface area (Å²) in [5.41, 5.74) is 4.01. The summed E-state index contributed by atoms with van der Waals surface area (Å²) in [4.78, 5) is 22.5. The van der Waals surface area contributed by atoms with Crippen molar-refractivity contribution in [2.45, 2.75) is 24.5 Å². The van der Waals surface area contributed by atoms with Gasteiger partial charge < -0.3 is 25.8 Å². The van der Waals surface area contributed by atoms with Gasteiger partial charge in [-0.25, -0.2) is 0 Å². The molecular weight excluding hydrogens is 258 g/mol. The third kappa shape index (κ3) is 2.36. The van der Waals surface area contributed by atoms with Crippen LogP contribution in [0.25, 0.3) is 0 Å². The maximum Gasteiger partial charge on any atom is 0.315 e. The first kappa shape index (κ1) is 13.6. The van der Waals surface area contributed by atoms with Gasteiger partial charge in [0, 0.05) is 6.07 Å². The summed E-state index contributed by atoms with van der Waals surface area (Å²) in [7, 11) is 0. The average Bonchev–Trinajstić information content (AvgIpc) is 2.65. The molecule has 6 N–H and O–H groups in total. The van der Waals surface area contributed by atoms with Crippen LogP contribution in [0.2, 0.25) is 0 Å². The summed E-state index contributed by atoms with van der Waals surface area (Å²) in [6.07, 6.45) is -3.34. The van der Waals surface area contributed by atoms with Crippen molar-refractivity contribution in [2.75, 3.05) is 6.61 Å². The van der Waals surface area contributed by atoms with Gasteiger partial charge in [0.2, 0.25) is 0 Å². The van der Waals surface area contributed by atoms with E-state index in [0.29, 0.717) is 0 Å². The lowest BCUT2D eigenvalue weighted by molar-refractivity contribution is -0.815. The van der Waals surface area contributed by atoms with Gasteiger partial charge in [-0.2, -0.15) is 0 Å². The van der Waals surface area contributed by atoms with Gasteiger partial charge in [0.15, 0.2) is 12.3 Å². The standard InChI is InChI=1S/C10H13N3O6/c11-8(17)4-1-2-13(12-9(4)18)10-7(16)6(15)5(3-14)19-10/h1-2,5-7,10,14-16H,3H2,(H2-,11,12,17,18)/p+1. The smallest absolute Gasteiger partial charge is 0.315 e. The van der Waals surface area contributed by atoms with Crippen LogP contribution in [0.1, 0.15) is 16.6 Å². The first-order chi connectivity index (χ1) is 8.95. The number of ether oxygens (including phenoxy) is 1. The summed E-state index contributed by atoms with van der Waals surface area (Å²) >= 11 is 0. The number of primary amides is 1.